The number of aryl methyl sites for hydroxylation is 1. The number of carbonyl (C=O) groups excluding carboxylic acids is 1. The van der Waals surface area contributed by atoms with E-state index >= 15 is 0 Å². The van der Waals surface area contributed by atoms with Crippen LogP contribution >= 0.6 is 23.1 Å². The lowest BCUT2D eigenvalue weighted by Gasteiger charge is -2.08. The molecular weight excluding hydrogens is 288 g/mol. The van der Waals surface area contributed by atoms with E-state index in [4.69, 9.17) is 0 Å². The number of aromatic nitrogens is 1. The Kier molecular flexibility index (Phi) is 5.61. The van der Waals surface area contributed by atoms with Gasteiger partial charge in [0.25, 0.3) is 5.91 Å². The summed E-state index contributed by atoms with van der Waals surface area (Å²) in [7, 11) is 0. The SMILES string of the molecule is CCCNC(=O)c1ccccc1CSc1nc(C)cs1. The molecule has 0 spiro atoms. The van der Waals surface area contributed by atoms with Gasteiger partial charge in [0.05, 0.1) is 0 Å². The smallest absolute Gasteiger partial charge is 0.251 e. The van der Waals surface area contributed by atoms with Gasteiger partial charge in [0.15, 0.2) is 0 Å². The number of thiazole rings is 1. The van der Waals surface area contributed by atoms with Crippen LogP contribution in [0, 0.1) is 6.92 Å². The summed E-state index contributed by atoms with van der Waals surface area (Å²) < 4.78 is 1.05. The largest absolute Gasteiger partial charge is 0.352 e. The predicted octanol–water partition coefficient (Wildman–Crippen LogP) is 3.88. The van der Waals surface area contributed by atoms with Crippen LogP contribution in [-0.4, -0.2) is 17.4 Å². The minimum absolute atomic E-state index is 0.0124. The number of carbonyl (C=O) groups is 1. The van der Waals surface area contributed by atoms with Gasteiger partial charge < -0.3 is 5.32 Å². The molecule has 20 heavy (non-hydrogen) atoms. The van der Waals surface area contributed by atoms with Gasteiger partial charge in [-0.1, -0.05) is 36.9 Å². The lowest BCUT2D eigenvalue weighted by atomic mass is 10.1. The molecule has 2 aromatic rings. The van der Waals surface area contributed by atoms with Gasteiger partial charge in [-0.15, -0.1) is 11.3 Å². The molecule has 0 atom stereocenters. The van der Waals surface area contributed by atoms with Crippen LogP contribution in [0.1, 0.15) is 35.0 Å². The number of rotatable bonds is 6. The Labute approximate surface area is 127 Å². The first-order valence-electron chi connectivity index (χ1n) is 6.61. The number of nitrogens with one attached hydrogen (secondary N) is 1. The van der Waals surface area contributed by atoms with E-state index < -0.39 is 0 Å². The van der Waals surface area contributed by atoms with Crippen molar-refractivity contribution in [2.24, 2.45) is 0 Å². The second-order valence-electron chi connectivity index (χ2n) is 4.46. The maximum atomic E-state index is 12.1. The molecule has 0 radical (unpaired) electrons. The minimum Gasteiger partial charge on any atom is -0.352 e. The minimum atomic E-state index is 0.0124. The highest BCUT2D eigenvalue weighted by atomic mass is 32.2. The van der Waals surface area contributed by atoms with E-state index in [0.717, 1.165) is 33.3 Å². The third-order valence-corrected chi connectivity index (χ3v) is 4.93. The highest BCUT2D eigenvalue weighted by molar-refractivity contribution is 8.00. The van der Waals surface area contributed by atoms with Gasteiger partial charge in [0, 0.05) is 28.9 Å². The van der Waals surface area contributed by atoms with E-state index in [-0.39, 0.29) is 5.91 Å². The fraction of sp³-hybridized carbons (Fsp3) is 0.333. The number of nitrogens with zero attached hydrogens (tertiary/aromatic N) is 1. The van der Waals surface area contributed by atoms with E-state index in [0.29, 0.717) is 6.54 Å². The molecule has 2 rings (SSSR count). The van der Waals surface area contributed by atoms with Gasteiger partial charge in [-0.2, -0.15) is 0 Å². The normalized spacial score (nSPS) is 10.5. The maximum absolute atomic E-state index is 12.1. The Morgan fingerprint density at radius 1 is 1.40 bits per heavy atom. The average molecular weight is 306 g/mol. The first-order chi connectivity index (χ1) is 9.70. The number of hydrogen-bond acceptors (Lipinski definition) is 4. The third kappa shape index (κ3) is 4.08. The van der Waals surface area contributed by atoms with Crippen molar-refractivity contribution < 1.29 is 4.79 Å². The summed E-state index contributed by atoms with van der Waals surface area (Å²) in [6.07, 6.45) is 0.945. The summed E-state index contributed by atoms with van der Waals surface area (Å²) in [5.74, 6) is 0.779. The van der Waals surface area contributed by atoms with E-state index in [2.05, 4.69) is 10.3 Å². The zero-order valence-electron chi connectivity index (χ0n) is 11.7. The summed E-state index contributed by atoms with van der Waals surface area (Å²) >= 11 is 3.33. The van der Waals surface area contributed by atoms with Crippen LogP contribution in [0.15, 0.2) is 34.0 Å². The van der Waals surface area contributed by atoms with E-state index in [1.165, 1.54) is 0 Å². The van der Waals surface area contributed by atoms with Crippen molar-refractivity contribution >= 4 is 29.0 Å². The highest BCUT2D eigenvalue weighted by Gasteiger charge is 2.11. The Morgan fingerprint density at radius 3 is 2.90 bits per heavy atom. The standard InChI is InChI=1S/C15H18N2OS2/c1-3-8-16-14(18)13-7-5-4-6-12(13)10-20-15-17-11(2)9-19-15/h4-7,9H,3,8,10H2,1-2H3,(H,16,18). The number of benzene rings is 1. The van der Waals surface area contributed by atoms with Gasteiger partial charge in [0.2, 0.25) is 0 Å². The monoisotopic (exact) mass is 306 g/mol. The lowest BCUT2D eigenvalue weighted by Crippen LogP contribution is -2.24. The van der Waals surface area contributed by atoms with Crippen molar-refractivity contribution in [1.29, 1.82) is 0 Å². The van der Waals surface area contributed by atoms with Crippen LogP contribution in [0.5, 0.6) is 0 Å². The predicted molar refractivity (Wildman–Crippen MR) is 85.5 cm³/mol. The molecule has 0 aliphatic rings. The van der Waals surface area contributed by atoms with Crippen LogP contribution in [0.2, 0.25) is 0 Å². The molecule has 106 valence electrons. The quantitative estimate of drug-likeness (QED) is 0.823. The zero-order chi connectivity index (χ0) is 14.4. The van der Waals surface area contributed by atoms with Gasteiger partial charge in [0.1, 0.15) is 4.34 Å². The molecule has 0 aliphatic heterocycles. The molecule has 0 saturated heterocycles. The number of hydrogen-bond donors (Lipinski definition) is 1. The van der Waals surface area contributed by atoms with Crippen molar-refractivity contribution in [2.45, 2.75) is 30.4 Å². The van der Waals surface area contributed by atoms with Crippen molar-refractivity contribution in [2.75, 3.05) is 6.54 Å². The van der Waals surface area contributed by atoms with E-state index in [1.807, 2.05) is 43.5 Å². The Balaban J connectivity index is 2.05. The van der Waals surface area contributed by atoms with Crippen LogP contribution in [-0.2, 0) is 5.75 Å². The van der Waals surface area contributed by atoms with Crippen molar-refractivity contribution in [3.8, 4) is 0 Å². The molecule has 1 aromatic heterocycles. The molecule has 1 aromatic carbocycles. The molecule has 0 aliphatic carbocycles. The van der Waals surface area contributed by atoms with Crippen LogP contribution in [0.3, 0.4) is 0 Å². The number of thioether (sulfide) groups is 1. The van der Waals surface area contributed by atoms with Crippen LogP contribution < -0.4 is 5.32 Å². The first kappa shape index (κ1) is 15.1. The molecule has 0 unspecified atom stereocenters. The fourth-order valence-electron chi connectivity index (χ4n) is 1.74. The van der Waals surface area contributed by atoms with E-state index in [9.17, 15) is 4.79 Å². The van der Waals surface area contributed by atoms with Crippen molar-refractivity contribution in [3.63, 3.8) is 0 Å². The second-order valence-corrected chi connectivity index (χ2v) is 6.54. The third-order valence-electron chi connectivity index (χ3n) is 2.75. The Bertz CT molecular complexity index is 581. The average Bonchev–Trinajstić information content (AvgIpc) is 2.88. The summed E-state index contributed by atoms with van der Waals surface area (Å²) in [6, 6.07) is 7.77. The molecule has 0 bridgehead atoms. The lowest BCUT2D eigenvalue weighted by molar-refractivity contribution is 0.0953. The molecular formula is C15H18N2OS2. The highest BCUT2D eigenvalue weighted by Crippen LogP contribution is 2.27. The molecule has 3 nitrogen and oxygen atoms in total. The van der Waals surface area contributed by atoms with Crippen molar-refractivity contribution in [3.05, 3.63) is 46.5 Å². The van der Waals surface area contributed by atoms with Gasteiger partial charge in [-0.05, 0) is 25.0 Å². The van der Waals surface area contributed by atoms with Gasteiger partial charge >= 0.3 is 0 Å². The number of amides is 1. The molecule has 0 saturated carbocycles. The fourth-order valence-corrected chi connectivity index (χ4v) is 3.59. The van der Waals surface area contributed by atoms with Crippen LogP contribution in [0.4, 0.5) is 0 Å². The Hall–Kier alpha value is -1.33. The zero-order valence-corrected chi connectivity index (χ0v) is 13.3. The summed E-state index contributed by atoms with van der Waals surface area (Å²) in [5, 5.41) is 4.97. The van der Waals surface area contributed by atoms with Gasteiger partial charge in [-0.3, -0.25) is 4.79 Å². The van der Waals surface area contributed by atoms with Gasteiger partial charge in [-0.25, -0.2) is 4.98 Å². The molecule has 5 heteroatoms. The second kappa shape index (κ2) is 7.45. The van der Waals surface area contributed by atoms with Crippen LogP contribution in [0.25, 0.3) is 0 Å². The maximum Gasteiger partial charge on any atom is 0.251 e. The Morgan fingerprint density at radius 2 is 2.20 bits per heavy atom. The summed E-state index contributed by atoms with van der Waals surface area (Å²) in [5.41, 5.74) is 2.87. The molecule has 0 fully saturated rings. The molecule has 1 amide bonds. The molecule has 1 N–H and O–H groups in total. The summed E-state index contributed by atoms with van der Waals surface area (Å²) in [6.45, 7) is 4.76. The topological polar surface area (TPSA) is 42.0 Å². The summed E-state index contributed by atoms with van der Waals surface area (Å²) in [4.78, 5) is 16.5. The van der Waals surface area contributed by atoms with E-state index in [1.54, 1.807) is 23.1 Å². The first-order valence-corrected chi connectivity index (χ1v) is 8.48. The molecule has 1 heterocycles. The van der Waals surface area contributed by atoms with Crippen molar-refractivity contribution in [1.82, 2.24) is 10.3 Å².